The van der Waals surface area contributed by atoms with E-state index < -0.39 is 5.41 Å². The number of piperidine rings is 1. The molecule has 0 bridgehead atoms. The van der Waals surface area contributed by atoms with Gasteiger partial charge in [0, 0.05) is 37.0 Å². The first-order valence-corrected chi connectivity index (χ1v) is 10.1. The predicted octanol–water partition coefficient (Wildman–Crippen LogP) is 0.984. The minimum atomic E-state index is -0.505. The molecule has 1 atom stereocenters. The molecular weight excluding hydrogens is 366 g/mol. The van der Waals surface area contributed by atoms with Crippen molar-refractivity contribution >= 4 is 34.2 Å². The van der Waals surface area contributed by atoms with E-state index in [9.17, 15) is 14.4 Å². The number of thiazole rings is 1. The Hall–Kier alpha value is -2.00. The van der Waals surface area contributed by atoms with Crippen molar-refractivity contribution in [3.8, 4) is 0 Å². The molecule has 8 nitrogen and oxygen atoms in total. The molecule has 1 aromatic rings. The molecule has 1 aromatic heterocycles. The number of hydrogen-bond donors (Lipinski definition) is 3. The highest BCUT2D eigenvalue weighted by molar-refractivity contribution is 7.13. The lowest BCUT2D eigenvalue weighted by Crippen LogP contribution is -2.46. The number of hydrogen-bond acceptors (Lipinski definition) is 6. The van der Waals surface area contributed by atoms with Gasteiger partial charge in [0.2, 0.25) is 17.7 Å². The lowest BCUT2D eigenvalue weighted by atomic mass is 9.96. The van der Waals surface area contributed by atoms with Gasteiger partial charge in [-0.05, 0) is 12.8 Å². The van der Waals surface area contributed by atoms with Gasteiger partial charge >= 0.3 is 0 Å². The maximum atomic E-state index is 12.6. The third-order valence-electron chi connectivity index (χ3n) is 4.37. The molecule has 3 amide bonds. The number of nitrogens with one attached hydrogen (secondary N) is 2. The van der Waals surface area contributed by atoms with E-state index in [0.29, 0.717) is 37.0 Å². The highest BCUT2D eigenvalue weighted by Gasteiger charge is 2.28. The molecule has 150 valence electrons. The van der Waals surface area contributed by atoms with Crippen LogP contribution in [-0.4, -0.2) is 53.8 Å². The summed E-state index contributed by atoms with van der Waals surface area (Å²) in [5.74, 6) is -0.396. The summed E-state index contributed by atoms with van der Waals surface area (Å²) in [5.41, 5.74) is 5.54. The number of nitrogens with two attached hydrogens (primary N) is 1. The number of carbonyl (C=O) groups excluding carboxylic acids is 3. The lowest BCUT2D eigenvalue weighted by molar-refractivity contribution is -0.135. The average Bonchev–Trinajstić information content (AvgIpc) is 3.05. The van der Waals surface area contributed by atoms with Crippen molar-refractivity contribution < 1.29 is 14.4 Å². The van der Waals surface area contributed by atoms with Crippen LogP contribution < -0.4 is 16.4 Å². The molecular formula is C18H29N5O3S. The Kier molecular flexibility index (Phi) is 7.32. The number of likely N-dealkylation sites (tertiary alicyclic amines) is 1. The molecule has 1 aliphatic heterocycles. The Balaban J connectivity index is 1.89. The van der Waals surface area contributed by atoms with Crippen LogP contribution in [0.4, 0.5) is 5.13 Å². The summed E-state index contributed by atoms with van der Waals surface area (Å²) in [6.45, 7) is 7.42. The maximum Gasteiger partial charge on any atom is 0.231 e. The molecule has 2 rings (SSSR count). The molecule has 1 unspecified atom stereocenters. The van der Waals surface area contributed by atoms with E-state index in [1.165, 1.54) is 11.3 Å². The number of amides is 3. The van der Waals surface area contributed by atoms with Crippen molar-refractivity contribution in [1.29, 1.82) is 0 Å². The fourth-order valence-electron chi connectivity index (χ4n) is 2.75. The van der Waals surface area contributed by atoms with Crippen LogP contribution in [0.1, 0.15) is 39.3 Å². The van der Waals surface area contributed by atoms with Crippen molar-refractivity contribution in [2.75, 3.05) is 31.5 Å². The molecule has 0 aromatic carbocycles. The number of nitrogens with zero attached hydrogens (tertiary/aromatic N) is 2. The summed E-state index contributed by atoms with van der Waals surface area (Å²) < 4.78 is 0. The van der Waals surface area contributed by atoms with E-state index in [2.05, 4.69) is 15.6 Å². The highest BCUT2D eigenvalue weighted by Crippen LogP contribution is 2.22. The summed E-state index contributed by atoms with van der Waals surface area (Å²) in [4.78, 5) is 42.8. The molecule has 0 radical (unpaired) electrons. The second-order valence-corrected chi connectivity index (χ2v) is 8.64. The van der Waals surface area contributed by atoms with Gasteiger partial charge in [-0.15, -0.1) is 11.3 Å². The fraction of sp³-hybridized carbons (Fsp3) is 0.667. The summed E-state index contributed by atoms with van der Waals surface area (Å²) >= 11 is 1.31. The van der Waals surface area contributed by atoms with Gasteiger partial charge in [0.15, 0.2) is 5.13 Å². The molecule has 1 aliphatic rings. The molecule has 0 aliphatic carbocycles. The van der Waals surface area contributed by atoms with Crippen LogP contribution in [0.2, 0.25) is 0 Å². The second-order valence-electron chi connectivity index (χ2n) is 7.78. The van der Waals surface area contributed by atoms with Gasteiger partial charge in [0.25, 0.3) is 0 Å². The molecule has 1 fully saturated rings. The van der Waals surface area contributed by atoms with Crippen LogP contribution >= 0.6 is 11.3 Å². The largest absolute Gasteiger partial charge is 0.355 e. The number of rotatable bonds is 6. The van der Waals surface area contributed by atoms with Crippen molar-refractivity contribution in [3.63, 3.8) is 0 Å². The highest BCUT2D eigenvalue weighted by atomic mass is 32.1. The van der Waals surface area contributed by atoms with Crippen LogP contribution in [0, 0.1) is 11.3 Å². The third kappa shape index (κ3) is 6.28. The number of aromatic nitrogens is 1. The normalized spacial score (nSPS) is 17.5. The first-order chi connectivity index (χ1) is 12.7. The Morgan fingerprint density at radius 1 is 1.37 bits per heavy atom. The zero-order valence-electron chi connectivity index (χ0n) is 16.2. The molecule has 27 heavy (non-hydrogen) atoms. The van der Waals surface area contributed by atoms with Gasteiger partial charge in [-0.2, -0.15) is 0 Å². The fourth-order valence-corrected chi connectivity index (χ4v) is 3.46. The van der Waals surface area contributed by atoms with Crippen molar-refractivity contribution in [2.45, 2.75) is 40.0 Å². The van der Waals surface area contributed by atoms with Crippen LogP contribution in [-0.2, 0) is 20.8 Å². The van der Waals surface area contributed by atoms with E-state index >= 15 is 0 Å². The first kappa shape index (κ1) is 21.3. The predicted molar refractivity (Wildman–Crippen MR) is 105 cm³/mol. The summed E-state index contributed by atoms with van der Waals surface area (Å²) in [6, 6.07) is 0. The minimum Gasteiger partial charge on any atom is -0.355 e. The molecule has 0 spiro atoms. The molecule has 1 saturated heterocycles. The summed E-state index contributed by atoms with van der Waals surface area (Å²) in [5, 5.41) is 7.85. The van der Waals surface area contributed by atoms with E-state index in [1.54, 1.807) is 10.3 Å². The zero-order chi connectivity index (χ0) is 20.0. The minimum absolute atomic E-state index is 0.0428. The SMILES string of the molecule is CC(C)(C)C(=O)Nc1nc(CC(=O)N2CCCC(C(=O)NCCN)C2)cs1. The van der Waals surface area contributed by atoms with E-state index in [1.807, 2.05) is 20.8 Å². The zero-order valence-corrected chi connectivity index (χ0v) is 17.0. The summed E-state index contributed by atoms with van der Waals surface area (Å²) in [6.07, 6.45) is 1.75. The smallest absolute Gasteiger partial charge is 0.231 e. The van der Waals surface area contributed by atoms with E-state index in [4.69, 9.17) is 5.73 Å². The van der Waals surface area contributed by atoms with Crippen LogP contribution in [0.5, 0.6) is 0 Å². The van der Waals surface area contributed by atoms with Gasteiger partial charge in [-0.1, -0.05) is 20.8 Å². The van der Waals surface area contributed by atoms with Gasteiger partial charge in [0.1, 0.15) is 0 Å². The van der Waals surface area contributed by atoms with Gasteiger partial charge in [-0.3, -0.25) is 14.4 Å². The van der Waals surface area contributed by atoms with E-state index in [-0.39, 0.29) is 30.1 Å². The average molecular weight is 396 g/mol. The molecule has 0 saturated carbocycles. The Morgan fingerprint density at radius 3 is 2.78 bits per heavy atom. The summed E-state index contributed by atoms with van der Waals surface area (Å²) in [7, 11) is 0. The first-order valence-electron chi connectivity index (χ1n) is 9.22. The topological polar surface area (TPSA) is 117 Å². The van der Waals surface area contributed by atoms with Gasteiger partial charge < -0.3 is 21.3 Å². The second kappa shape index (κ2) is 9.27. The van der Waals surface area contributed by atoms with Crippen molar-refractivity contribution in [1.82, 2.24) is 15.2 Å². The van der Waals surface area contributed by atoms with Crippen molar-refractivity contribution in [3.05, 3.63) is 11.1 Å². The standard InChI is InChI=1S/C18H29N5O3S/c1-18(2,3)16(26)22-17-21-13(11-27-17)9-14(24)23-8-4-5-12(10-23)15(25)20-7-6-19/h11-12H,4-10,19H2,1-3H3,(H,20,25)(H,21,22,26). The molecule has 2 heterocycles. The van der Waals surface area contributed by atoms with Crippen LogP contribution in [0.15, 0.2) is 5.38 Å². The quantitative estimate of drug-likeness (QED) is 0.664. The Labute approximate surface area is 163 Å². The Morgan fingerprint density at radius 2 is 2.11 bits per heavy atom. The van der Waals surface area contributed by atoms with Crippen LogP contribution in [0.3, 0.4) is 0 Å². The Bertz CT molecular complexity index is 683. The third-order valence-corrected chi connectivity index (χ3v) is 5.18. The van der Waals surface area contributed by atoms with Gasteiger partial charge in [0.05, 0.1) is 18.0 Å². The lowest BCUT2D eigenvalue weighted by Gasteiger charge is -2.32. The molecule has 9 heteroatoms. The number of carbonyl (C=O) groups is 3. The van der Waals surface area contributed by atoms with Crippen molar-refractivity contribution in [2.24, 2.45) is 17.1 Å². The monoisotopic (exact) mass is 395 g/mol. The van der Waals surface area contributed by atoms with Crippen LogP contribution in [0.25, 0.3) is 0 Å². The van der Waals surface area contributed by atoms with E-state index in [0.717, 1.165) is 12.8 Å². The van der Waals surface area contributed by atoms with Gasteiger partial charge in [-0.25, -0.2) is 4.98 Å². The number of anilines is 1. The molecule has 4 N–H and O–H groups in total. The maximum absolute atomic E-state index is 12.6.